The first kappa shape index (κ1) is 16.3. The van der Waals surface area contributed by atoms with Gasteiger partial charge in [-0.05, 0) is 35.9 Å². The van der Waals surface area contributed by atoms with Crippen molar-refractivity contribution < 1.29 is 12.8 Å². The van der Waals surface area contributed by atoms with Gasteiger partial charge in [0.1, 0.15) is 5.82 Å². The van der Waals surface area contributed by atoms with E-state index in [-0.39, 0.29) is 5.82 Å². The molecule has 2 aromatic carbocycles. The summed E-state index contributed by atoms with van der Waals surface area (Å²) in [5.41, 5.74) is 2.52. The van der Waals surface area contributed by atoms with Crippen LogP contribution in [0.4, 0.5) is 4.39 Å². The zero-order valence-corrected chi connectivity index (χ0v) is 14.3. The van der Waals surface area contributed by atoms with Gasteiger partial charge in [0.2, 0.25) is 10.0 Å². The summed E-state index contributed by atoms with van der Waals surface area (Å²) in [5, 5.41) is 4.05. The fraction of sp³-hybridized carbons (Fsp3) is 0.222. The Morgan fingerprint density at radius 1 is 1.00 bits per heavy atom. The number of hydrogen-bond donors (Lipinski definition) is 2. The number of rotatable bonds is 3. The van der Waals surface area contributed by atoms with E-state index in [0.717, 1.165) is 16.5 Å². The predicted molar refractivity (Wildman–Crippen MR) is 95.3 cm³/mol. The number of benzene rings is 2. The number of hydrogen-bond acceptors (Lipinski definition) is 3. The fourth-order valence-electron chi connectivity index (χ4n) is 3.18. The highest BCUT2D eigenvalue weighted by atomic mass is 32.2. The van der Waals surface area contributed by atoms with E-state index in [4.69, 9.17) is 0 Å². The van der Waals surface area contributed by atoms with Gasteiger partial charge in [0.25, 0.3) is 0 Å². The van der Waals surface area contributed by atoms with Crippen molar-refractivity contribution in [3.8, 4) is 11.1 Å². The molecule has 1 aliphatic rings. The summed E-state index contributed by atoms with van der Waals surface area (Å²) >= 11 is 0. The summed E-state index contributed by atoms with van der Waals surface area (Å²) in [6.07, 6.45) is 1.81. The first-order valence-electron chi connectivity index (χ1n) is 8.14. The summed E-state index contributed by atoms with van der Waals surface area (Å²) in [5.74, 6) is -0.293. The van der Waals surface area contributed by atoms with Gasteiger partial charge in [0, 0.05) is 48.8 Å². The van der Waals surface area contributed by atoms with Crippen molar-refractivity contribution in [3.05, 3.63) is 54.5 Å². The van der Waals surface area contributed by atoms with Crippen molar-refractivity contribution in [1.29, 1.82) is 0 Å². The van der Waals surface area contributed by atoms with Crippen LogP contribution in [-0.4, -0.2) is 43.9 Å². The molecular formula is C18H18FN3O2S. The van der Waals surface area contributed by atoms with Gasteiger partial charge < -0.3 is 10.3 Å². The highest BCUT2D eigenvalue weighted by Gasteiger charge is 2.25. The minimum Gasteiger partial charge on any atom is -0.360 e. The first-order chi connectivity index (χ1) is 12.1. The Labute approximate surface area is 145 Å². The molecule has 0 radical (unpaired) electrons. The van der Waals surface area contributed by atoms with E-state index in [1.807, 2.05) is 6.20 Å². The number of H-pyrrole nitrogens is 1. The van der Waals surface area contributed by atoms with Crippen LogP contribution in [-0.2, 0) is 10.0 Å². The van der Waals surface area contributed by atoms with Crippen LogP contribution in [0.5, 0.6) is 0 Å². The zero-order chi connectivity index (χ0) is 17.4. The highest BCUT2D eigenvalue weighted by molar-refractivity contribution is 7.89. The van der Waals surface area contributed by atoms with Crippen molar-refractivity contribution in [1.82, 2.24) is 14.6 Å². The maximum atomic E-state index is 13.3. The monoisotopic (exact) mass is 359 g/mol. The Balaban J connectivity index is 1.67. The number of nitrogens with one attached hydrogen (secondary N) is 2. The third-order valence-corrected chi connectivity index (χ3v) is 6.44. The maximum Gasteiger partial charge on any atom is 0.243 e. The van der Waals surface area contributed by atoms with Crippen LogP contribution in [0.1, 0.15) is 0 Å². The number of halogens is 1. The molecule has 4 rings (SSSR count). The zero-order valence-electron chi connectivity index (χ0n) is 13.5. The van der Waals surface area contributed by atoms with Crippen molar-refractivity contribution in [2.45, 2.75) is 4.90 Å². The van der Waals surface area contributed by atoms with Crippen LogP contribution < -0.4 is 5.32 Å². The van der Waals surface area contributed by atoms with Crippen LogP contribution in [0.25, 0.3) is 22.0 Å². The highest BCUT2D eigenvalue weighted by Crippen LogP contribution is 2.30. The molecule has 1 fully saturated rings. The van der Waals surface area contributed by atoms with Crippen LogP contribution in [0.15, 0.2) is 53.6 Å². The smallest absolute Gasteiger partial charge is 0.243 e. The molecule has 0 aliphatic carbocycles. The summed E-state index contributed by atoms with van der Waals surface area (Å²) in [7, 11) is -3.46. The number of aromatic amines is 1. The average Bonchev–Trinajstić information content (AvgIpc) is 3.05. The molecule has 7 heteroatoms. The van der Waals surface area contributed by atoms with Gasteiger partial charge in [-0.2, -0.15) is 4.31 Å². The van der Waals surface area contributed by atoms with E-state index >= 15 is 0 Å². The molecule has 0 saturated carbocycles. The van der Waals surface area contributed by atoms with Crippen molar-refractivity contribution in [2.75, 3.05) is 26.2 Å². The number of aromatic nitrogens is 1. The van der Waals surface area contributed by atoms with Crippen molar-refractivity contribution >= 4 is 20.9 Å². The summed E-state index contributed by atoms with van der Waals surface area (Å²) < 4.78 is 40.2. The SMILES string of the molecule is O=S(=O)(c1ccc(-c2c[nH]c3cc(F)ccc23)cc1)N1CCNCC1. The quantitative estimate of drug-likeness (QED) is 0.755. The molecular weight excluding hydrogens is 341 g/mol. The second-order valence-corrected chi connectivity index (χ2v) is 8.01. The van der Waals surface area contributed by atoms with E-state index in [2.05, 4.69) is 10.3 Å². The van der Waals surface area contributed by atoms with Crippen molar-refractivity contribution in [2.24, 2.45) is 0 Å². The lowest BCUT2D eigenvalue weighted by Crippen LogP contribution is -2.46. The number of piperazine rings is 1. The number of fused-ring (bicyclic) bond motifs is 1. The van der Waals surface area contributed by atoms with Gasteiger partial charge >= 0.3 is 0 Å². The number of sulfonamides is 1. The van der Waals surface area contributed by atoms with Gasteiger partial charge in [-0.1, -0.05) is 12.1 Å². The van der Waals surface area contributed by atoms with E-state index in [1.54, 1.807) is 30.3 Å². The lowest BCUT2D eigenvalue weighted by Gasteiger charge is -2.26. The second-order valence-electron chi connectivity index (χ2n) is 6.07. The molecule has 5 nitrogen and oxygen atoms in total. The van der Waals surface area contributed by atoms with Gasteiger partial charge in [-0.3, -0.25) is 0 Å². The van der Waals surface area contributed by atoms with Crippen LogP contribution in [0, 0.1) is 5.82 Å². The van der Waals surface area contributed by atoms with E-state index in [1.165, 1.54) is 16.4 Å². The lowest BCUT2D eigenvalue weighted by molar-refractivity contribution is 0.360. The Kier molecular flexibility index (Phi) is 4.07. The second kappa shape index (κ2) is 6.25. The van der Waals surface area contributed by atoms with Gasteiger partial charge in [0.05, 0.1) is 4.90 Å². The molecule has 130 valence electrons. The Hall–Kier alpha value is -2.22. The molecule has 1 saturated heterocycles. The third kappa shape index (κ3) is 2.95. The van der Waals surface area contributed by atoms with E-state index < -0.39 is 10.0 Å². The van der Waals surface area contributed by atoms with Crippen LogP contribution >= 0.6 is 0 Å². The minimum absolute atomic E-state index is 0.293. The van der Waals surface area contributed by atoms with E-state index in [0.29, 0.717) is 36.6 Å². The Morgan fingerprint density at radius 2 is 1.72 bits per heavy atom. The topological polar surface area (TPSA) is 65.2 Å². The molecule has 2 heterocycles. The fourth-order valence-corrected chi connectivity index (χ4v) is 4.62. The lowest BCUT2D eigenvalue weighted by atomic mass is 10.1. The summed E-state index contributed by atoms with van der Waals surface area (Å²) in [6, 6.07) is 11.4. The normalized spacial score (nSPS) is 16.4. The molecule has 0 spiro atoms. The minimum atomic E-state index is -3.46. The molecule has 0 unspecified atom stereocenters. The molecule has 25 heavy (non-hydrogen) atoms. The van der Waals surface area contributed by atoms with E-state index in [9.17, 15) is 12.8 Å². The third-order valence-electron chi connectivity index (χ3n) is 4.52. The number of nitrogens with zero attached hydrogens (tertiary/aromatic N) is 1. The van der Waals surface area contributed by atoms with Gasteiger partial charge in [0.15, 0.2) is 0 Å². The maximum absolute atomic E-state index is 13.3. The average molecular weight is 359 g/mol. The summed E-state index contributed by atoms with van der Waals surface area (Å²) in [4.78, 5) is 3.35. The Bertz CT molecular complexity index is 1010. The molecule has 1 aromatic heterocycles. The van der Waals surface area contributed by atoms with Crippen LogP contribution in [0.3, 0.4) is 0 Å². The molecule has 2 N–H and O–H groups in total. The molecule has 0 bridgehead atoms. The van der Waals surface area contributed by atoms with Gasteiger partial charge in [-0.15, -0.1) is 0 Å². The largest absolute Gasteiger partial charge is 0.360 e. The predicted octanol–water partition coefficient (Wildman–Crippen LogP) is 2.57. The van der Waals surface area contributed by atoms with Gasteiger partial charge in [-0.25, -0.2) is 12.8 Å². The van der Waals surface area contributed by atoms with Crippen LogP contribution in [0.2, 0.25) is 0 Å². The molecule has 1 aliphatic heterocycles. The molecule has 0 amide bonds. The molecule has 0 atom stereocenters. The van der Waals surface area contributed by atoms with Crippen molar-refractivity contribution in [3.63, 3.8) is 0 Å². The standard InChI is InChI=1S/C18H18FN3O2S/c19-14-3-6-16-17(12-21-18(16)11-14)13-1-4-15(5-2-13)25(23,24)22-9-7-20-8-10-22/h1-6,11-12,20-21H,7-10H2. The summed E-state index contributed by atoms with van der Waals surface area (Å²) in [6.45, 7) is 2.31. The Morgan fingerprint density at radius 3 is 2.44 bits per heavy atom. The first-order valence-corrected chi connectivity index (χ1v) is 9.58. The molecule has 3 aromatic rings.